The minimum Gasteiger partial charge on any atom is -0.369 e. The lowest BCUT2D eigenvalue weighted by Gasteiger charge is -2.43. The van der Waals surface area contributed by atoms with E-state index in [0.717, 1.165) is 31.2 Å². The Bertz CT molecular complexity index is 471. The maximum absolute atomic E-state index is 12.2. The van der Waals surface area contributed by atoms with Gasteiger partial charge in [-0.3, -0.25) is 4.79 Å². The molecule has 0 unspecified atom stereocenters. The zero-order valence-electron chi connectivity index (χ0n) is 12.8. The number of carbonyl (C=O) groups is 1. The number of benzene rings is 1. The number of nitrogens with two attached hydrogens (primary N) is 1. The topological polar surface area (TPSA) is 46.3 Å². The van der Waals surface area contributed by atoms with Crippen molar-refractivity contribution in [1.29, 1.82) is 0 Å². The van der Waals surface area contributed by atoms with E-state index in [0.29, 0.717) is 6.04 Å². The largest absolute Gasteiger partial charge is 0.369 e. The molecule has 0 spiro atoms. The molecule has 1 aromatic carbocycles. The molecule has 1 aromatic rings. The molecule has 114 valence electrons. The van der Waals surface area contributed by atoms with Crippen LogP contribution in [0.4, 0.5) is 0 Å². The summed E-state index contributed by atoms with van der Waals surface area (Å²) in [5.41, 5.74) is 6.47. The molecule has 3 rings (SSSR count). The highest BCUT2D eigenvalue weighted by Crippen LogP contribution is 2.41. The summed E-state index contributed by atoms with van der Waals surface area (Å²) in [6.07, 6.45) is 8.02. The van der Waals surface area contributed by atoms with Crippen LogP contribution in [0, 0.1) is 0 Å². The Kier molecular flexibility index (Phi) is 4.29. The van der Waals surface area contributed by atoms with Gasteiger partial charge in [-0.15, -0.1) is 0 Å². The van der Waals surface area contributed by atoms with E-state index >= 15 is 0 Å². The maximum Gasteiger partial charge on any atom is 0.228 e. The van der Waals surface area contributed by atoms with Crippen molar-refractivity contribution in [3.05, 3.63) is 35.9 Å². The van der Waals surface area contributed by atoms with Crippen LogP contribution in [-0.4, -0.2) is 29.9 Å². The highest BCUT2D eigenvalue weighted by atomic mass is 16.1. The van der Waals surface area contributed by atoms with Gasteiger partial charge in [0, 0.05) is 6.04 Å². The number of rotatable bonds is 3. The molecule has 1 aliphatic carbocycles. The third-order valence-corrected chi connectivity index (χ3v) is 5.51. The fourth-order valence-corrected chi connectivity index (χ4v) is 4.18. The number of amides is 1. The Labute approximate surface area is 127 Å². The summed E-state index contributed by atoms with van der Waals surface area (Å²) in [6.45, 7) is 2.47. The van der Waals surface area contributed by atoms with Crippen LogP contribution in [0.3, 0.4) is 0 Å². The lowest BCUT2D eigenvalue weighted by Crippen LogP contribution is -2.49. The molecule has 0 aromatic heterocycles. The van der Waals surface area contributed by atoms with E-state index in [9.17, 15) is 4.79 Å². The van der Waals surface area contributed by atoms with E-state index in [1.807, 2.05) is 18.2 Å². The van der Waals surface area contributed by atoms with Crippen LogP contribution in [0.2, 0.25) is 0 Å². The van der Waals surface area contributed by atoms with Gasteiger partial charge in [-0.05, 0) is 57.2 Å². The lowest BCUT2D eigenvalue weighted by atomic mass is 9.67. The zero-order valence-corrected chi connectivity index (χ0v) is 12.8. The van der Waals surface area contributed by atoms with Crippen LogP contribution in [0.15, 0.2) is 30.3 Å². The fraction of sp³-hybridized carbons (Fsp3) is 0.611. The smallest absolute Gasteiger partial charge is 0.228 e. The zero-order chi connectivity index (χ0) is 14.7. The second-order valence-corrected chi connectivity index (χ2v) is 6.64. The molecule has 3 heteroatoms. The highest BCUT2D eigenvalue weighted by Gasteiger charge is 2.42. The van der Waals surface area contributed by atoms with Crippen LogP contribution in [0.25, 0.3) is 0 Å². The van der Waals surface area contributed by atoms with E-state index in [1.165, 1.54) is 32.4 Å². The van der Waals surface area contributed by atoms with Gasteiger partial charge in [0.2, 0.25) is 5.91 Å². The third kappa shape index (κ3) is 2.84. The predicted molar refractivity (Wildman–Crippen MR) is 85.0 cm³/mol. The molecule has 21 heavy (non-hydrogen) atoms. The third-order valence-electron chi connectivity index (χ3n) is 5.51. The lowest BCUT2D eigenvalue weighted by molar-refractivity contribution is -0.125. The van der Waals surface area contributed by atoms with Gasteiger partial charge in [-0.2, -0.15) is 0 Å². The summed E-state index contributed by atoms with van der Waals surface area (Å²) in [6, 6.07) is 10.8. The van der Waals surface area contributed by atoms with E-state index < -0.39 is 5.41 Å². The van der Waals surface area contributed by atoms with E-state index in [-0.39, 0.29) is 5.91 Å². The molecule has 2 N–H and O–H groups in total. The highest BCUT2D eigenvalue weighted by molar-refractivity contribution is 5.86. The van der Waals surface area contributed by atoms with Crippen LogP contribution in [0.5, 0.6) is 0 Å². The van der Waals surface area contributed by atoms with Gasteiger partial charge in [0.05, 0.1) is 5.41 Å². The summed E-state index contributed by atoms with van der Waals surface area (Å²) in [5.74, 6) is -0.147. The molecule has 0 atom stereocenters. The van der Waals surface area contributed by atoms with Gasteiger partial charge >= 0.3 is 0 Å². The van der Waals surface area contributed by atoms with Crippen LogP contribution in [-0.2, 0) is 10.2 Å². The van der Waals surface area contributed by atoms with Crippen molar-refractivity contribution in [2.24, 2.45) is 5.73 Å². The summed E-state index contributed by atoms with van der Waals surface area (Å²) in [4.78, 5) is 14.8. The first kappa shape index (κ1) is 14.6. The molecular weight excluding hydrogens is 260 g/mol. The van der Waals surface area contributed by atoms with Crippen molar-refractivity contribution in [3.63, 3.8) is 0 Å². The van der Waals surface area contributed by atoms with Gasteiger partial charge in [0.15, 0.2) is 0 Å². The second-order valence-electron chi connectivity index (χ2n) is 6.64. The Balaban J connectivity index is 1.73. The monoisotopic (exact) mass is 286 g/mol. The normalized spacial score (nSPS) is 31.0. The number of nitrogens with zero attached hydrogens (tertiary/aromatic N) is 1. The molecule has 3 nitrogen and oxygen atoms in total. The molecule has 2 fully saturated rings. The van der Waals surface area contributed by atoms with Crippen molar-refractivity contribution in [3.8, 4) is 0 Å². The van der Waals surface area contributed by atoms with E-state index in [2.05, 4.69) is 17.0 Å². The van der Waals surface area contributed by atoms with Crippen molar-refractivity contribution >= 4 is 5.91 Å². The summed E-state index contributed by atoms with van der Waals surface area (Å²) >= 11 is 0. The standard InChI is InChI=1S/C18H26N2O/c19-17(21)18(15-7-3-1-4-8-15)11-9-16(10-12-18)20-13-5-2-6-14-20/h1,3-4,7-8,16H,2,5-6,9-14H2,(H2,19,21). The van der Waals surface area contributed by atoms with Gasteiger partial charge in [0.1, 0.15) is 0 Å². The first-order valence-electron chi connectivity index (χ1n) is 8.32. The van der Waals surface area contributed by atoms with E-state index in [4.69, 9.17) is 5.73 Å². The maximum atomic E-state index is 12.2. The number of primary amides is 1. The Morgan fingerprint density at radius 1 is 1.05 bits per heavy atom. The van der Waals surface area contributed by atoms with E-state index in [1.54, 1.807) is 0 Å². The number of likely N-dealkylation sites (tertiary alicyclic amines) is 1. The van der Waals surface area contributed by atoms with Crippen molar-refractivity contribution in [2.45, 2.75) is 56.4 Å². The average Bonchev–Trinajstić information content (AvgIpc) is 2.56. The average molecular weight is 286 g/mol. The summed E-state index contributed by atoms with van der Waals surface area (Å²) in [7, 11) is 0. The number of hydrogen-bond donors (Lipinski definition) is 1. The molecule has 1 amide bonds. The van der Waals surface area contributed by atoms with Gasteiger partial charge in [-0.25, -0.2) is 0 Å². The SMILES string of the molecule is NC(=O)C1(c2ccccc2)CCC(N2CCCCC2)CC1. The molecular formula is C18H26N2O. The van der Waals surface area contributed by atoms with Crippen molar-refractivity contribution in [1.82, 2.24) is 4.90 Å². The minimum absolute atomic E-state index is 0.147. The molecule has 1 saturated heterocycles. The Hall–Kier alpha value is -1.35. The molecule has 0 bridgehead atoms. The van der Waals surface area contributed by atoms with Crippen molar-refractivity contribution < 1.29 is 4.79 Å². The minimum atomic E-state index is -0.437. The number of hydrogen-bond acceptors (Lipinski definition) is 2. The fourth-order valence-electron chi connectivity index (χ4n) is 4.18. The van der Waals surface area contributed by atoms with Crippen LogP contribution >= 0.6 is 0 Å². The van der Waals surface area contributed by atoms with Crippen molar-refractivity contribution in [2.75, 3.05) is 13.1 Å². The second kappa shape index (κ2) is 6.18. The quantitative estimate of drug-likeness (QED) is 0.928. The van der Waals surface area contributed by atoms with Gasteiger partial charge in [0.25, 0.3) is 0 Å². The summed E-state index contributed by atoms with van der Waals surface area (Å²) in [5, 5.41) is 0. The predicted octanol–water partition coefficient (Wildman–Crippen LogP) is 2.84. The van der Waals surface area contributed by atoms with Crippen LogP contribution < -0.4 is 5.73 Å². The Morgan fingerprint density at radius 2 is 1.67 bits per heavy atom. The first-order valence-corrected chi connectivity index (χ1v) is 8.32. The summed E-state index contributed by atoms with van der Waals surface area (Å²) < 4.78 is 0. The first-order chi connectivity index (χ1) is 10.2. The Morgan fingerprint density at radius 3 is 2.24 bits per heavy atom. The molecule has 1 aliphatic heterocycles. The molecule has 1 saturated carbocycles. The molecule has 2 aliphatic rings. The van der Waals surface area contributed by atoms with Gasteiger partial charge < -0.3 is 10.6 Å². The number of carbonyl (C=O) groups excluding carboxylic acids is 1. The van der Waals surface area contributed by atoms with Gasteiger partial charge in [-0.1, -0.05) is 36.8 Å². The molecule has 0 radical (unpaired) electrons. The number of piperidine rings is 1. The molecule has 1 heterocycles. The van der Waals surface area contributed by atoms with Crippen LogP contribution in [0.1, 0.15) is 50.5 Å².